The van der Waals surface area contributed by atoms with Gasteiger partial charge < -0.3 is 0 Å². The Kier molecular flexibility index (Phi) is 5.88. The van der Waals surface area contributed by atoms with E-state index in [1.807, 2.05) is 0 Å². The van der Waals surface area contributed by atoms with Gasteiger partial charge in [0.25, 0.3) is 5.91 Å². The second-order valence-corrected chi connectivity index (χ2v) is 4.68. The van der Waals surface area contributed by atoms with Gasteiger partial charge in [-0.05, 0) is 13.3 Å². The van der Waals surface area contributed by atoms with Crippen molar-refractivity contribution in [2.45, 2.75) is 24.6 Å². The monoisotopic (exact) mass is 296 g/mol. The Morgan fingerprint density at radius 3 is 2.65 bits per heavy atom. The molecule has 1 aromatic rings. The molecule has 0 bridgehead atoms. The van der Waals surface area contributed by atoms with Gasteiger partial charge in [0.15, 0.2) is 4.84 Å². The van der Waals surface area contributed by atoms with E-state index in [-0.39, 0.29) is 5.95 Å². The maximum absolute atomic E-state index is 11.3. The highest BCUT2D eigenvalue weighted by Crippen LogP contribution is 2.07. The highest BCUT2D eigenvalue weighted by atomic mass is 35.5. The van der Waals surface area contributed by atoms with Crippen LogP contribution in [0.1, 0.15) is 18.1 Å². The van der Waals surface area contributed by atoms with E-state index in [4.69, 9.17) is 34.8 Å². The van der Waals surface area contributed by atoms with Crippen molar-refractivity contribution in [1.82, 2.24) is 15.0 Å². The van der Waals surface area contributed by atoms with Gasteiger partial charge in [-0.25, -0.2) is 4.98 Å². The van der Waals surface area contributed by atoms with E-state index in [1.165, 1.54) is 0 Å². The van der Waals surface area contributed by atoms with Gasteiger partial charge in [0, 0.05) is 12.3 Å². The first-order valence-electron chi connectivity index (χ1n) is 4.89. The van der Waals surface area contributed by atoms with Gasteiger partial charge in [-0.2, -0.15) is 9.97 Å². The summed E-state index contributed by atoms with van der Waals surface area (Å²) in [6, 6.07) is 0. The topological polar surface area (TPSA) is 67.8 Å². The van der Waals surface area contributed by atoms with Gasteiger partial charge in [0.2, 0.25) is 5.95 Å². The Morgan fingerprint density at radius 2 is 2.06 bits per heavy atom. The number of hydrogen-bond acceptors (Lipinski definition) is 4. The molecule has 1 rings (SSSR count). The Morgan fingerprint density at radius 1 is 1.35 bits per heavy atom. The molecule has 0 aromatic carbocycles. The lowest BCUT2D eigenvalue weighted by atomic mass is 10.3. The molecule has 0 atom stereocenters. The standard InChI is InChI=1S/C9H11Cl3N4O/c1-5-13-6(3-2-4-10)15-9(14-5)16-8(17)7(11)12/h7H,2-4H2,1H3,(H,13,14,15,16,17). The van der Waals surface area contributed by atoms with E-state index in [2.05, 4.69) is 20.3 Å². The van der Waals surface area contributed by atoms with Crippen molar-refractivity contribution in [3.8, 4) is 0 Å². The predicted molar refractivity (Wildman–Crippen MR) is 67.7 cm³/mol. The molecular weight excluding hydrogens is 286 g/mol. The third-order valence-electron chi connectivity index (χ3n) is 1.76. The van der Waals surface area contributed by atoms with Crippen molar-refractivity contribution >= 4 is 46.7 Å². The molecular formula is C9H11Cl3N4O. The Labute approximate surface area is 114 Å². The highest BCUT2D eigenvalue weighted by Gasteiger charge is 2.13. The maximum atomic E-state index is 11.3. The fourth-order valence-electron chi connectivity index (χ4n) is 1.09. The number of carbonyl (C=O) groups excluding carboxylic acids is 1. The van der Waals surface area contributed by atoms with Crippen molar-refractivity contribution < 1.29 is 4.79 Å². The van der Waals surface area contributed by atoms with E-state index >= 15 is 0 Å². The van der Waals surface area contributed by atoms with Gasteiger partial charge in [0.1, 0.15) is 11.6 Å². The Hall–Kier alpha value is -0.650. The van der Waals surface area contributed by atoms with E-state index < -0.39 is 10.7 Å². The minimum absolute atomic E-state index is 0.151. The summed E-state index contributed by atoms with van der Waals surface area (Å²) < 4.78 is 0. The van der Waals surface area contributed by atoms with Crippen LogP contribution < -0.4 is 5.32 Å². The zero-order valence-corrected chi connectivity index (χ0v) is 11.4. The number of halogens is 3. The number of rotatable bonds is 5. The van der Waals surface area contributed by atoms with Gasteiger partial charge in [-0.1, -0.05) is 23.2 Å². The summed E-state index contributed by atoms with van der Waals surface area (Å²) in [4.78, 5) is 22.2. The van der Waals surface area contributed by atoms with Crippen LogP contribution in [0.15, 0.2) is 0 Å². The summed E-state index contributed by atoms with van der Waals surface area (Å²) >= 11 is 16.4. The third kappa shape index (κ3) is 5.02. The van der Waals surface area contributed by atoms with Gasteiger partial charge in [-0.3, -0.25) is 10.1 Å². The van der Waals surface area contributed by atoms with Gasteiger partial charge in [0.05, 0.1) is 0 Å². The first kappa shape index (κ1) is 14.4. The second-order valence-electron chi connectivity index (χ2n) is 3.20. The lowest BCUT2D eigenvalue weighted by Crippen LogP contribution is -2.21. The largest absolute Gasteiger partial charge is 0.292 e. The molecule has 0 radical (unpaired) electrons. The summed E-state index contributed by atoms with van der Waals surface area (Å²) in [5.41, 5.74) is 0. The molecule has 0 spiro atoms. The third-order valence-corrected chi connectivity index (χ3v) is 2.42. The van der Waals surface area contributed by atoms with Gasteiger partial charge >= 0.3 is 0 Å². The van der Waals surface area contributed by atoms with Crippen LogP contribution in [0.25, 0.3) is 0 Å². The average molecular weight is 298 g/mol. The molecule has 0 unspecified atom stereocenters. The molecule has 1 heterocycles. The number of amides is 1. The SMILES string of the molecule is Cc1nc(CCCCl)nc(NC(=O)C(Cl)Cl)n1. The fourth-order valence-corrected chi connectivity index (χ4v) is 1.34. The quantitative estimate of drug-likeness (QED) is 0.845. The summed E-state index contributed by atoms with van der Waals surface area (Å²) in [7, 11) is 0. The lowest BCUT2D eigenvalue weighted by Gasteiger charge is -2.06. The van der Waals surface area contributed by atoms with Crippen LogP contribution in [0, 0.1) is 6.92 Å². The molecule has 0 saturated carbocycles. The van der Waals surface area contributed by atoms with Gasteiger partial charge in [-0.15, -0.1) is 11.6 Å². The predicted octanol–water partition coefficient (Wildman–Crippen LogP) is 2.09. The number of hydrogen-bond donors (Lipinski definition) is 1. The molecule has 1 aromatic heterocycles. The molecule has 1 N–H and O–H groups in total. The number of aromatic nitrogens is 3. The molecule has 17 heavy (non-hydrogen) atoms. The first-order chi connectivity index (χ1) is 8.02. The van der Waals surface area contributed by atoms with E-state index in [0.717, 1.165) is 6.42 Å². The van der Waals surface area contributed by atoms with Crippen molar-refractivity contribution in [1.29, 1.82) is 0 Å². The zero-order chi connectivity index (χ0) is 12.8. The summed E-state index contributed by atoms with van der Waals surface area (Å²) in [5.74, 6) is 1.20. The second kappa shape index (κ2) is 6.93. The molecule has 94 valence electrons. The van der Waals surface area contributed by atoms with Crippen molar-refractivity contribution in [2.75, 3.05) is 11.2 Å². The summed E-state index contributed by atoms with van der Waals surface area (Å²) in [6.45, 7) is 1.71. The van der Waals surface area contributed by atoms with Crippen LogP contribution in [-0.4, -0.2) is 31.6 Å². The lowest BCUT2D eigenvalue weighted by molar-refractivity contribution is -0.114. The number of carbonyl (C=O) groups is 1. The molecule has 5 nitrogen and oxygen atoms in total. The van der Waals surface area contributed by atoms with E-state index in [1.54, 1.807) is 6.92 Å². The molecule has 0 aliphatic rings. The summed E-state index contributed by atoms with van der Waals surface area (Å²) in [6.07, 6.45) is 1.38. The molecule has 0 saturated heterocycles. The van der Waals surface area contributed by atoms with Crippen LogP contribution in [0.3, 0.4) is 0 Å². The molecule has 0 aliphatic heterocycles. The van der Waals surface area contributed by atoms with Crippen LogP contribution >= 0.6 is 34.8 Å². The van der Waals surface area contributed by atoms with Crippen molar-refractivity contribution in [2.24, 2.45) is 0 Å². The number of aryl methyl sites for hydroxylation is 2. The molecule has 0 fully saturated rings. The Balaban J connectivity index is 2.78. The summed E-state index contributed by atoms with van der Waals surface area (Å²) in [5, 5.41) is 2.40. The molecule has 0 aliphatic carbocycles. The van der Waals surface area contributed by atoms with Crippen molar-refractivity contribution in [3.63, 3.8) is 0 Å². The van der Waals surface area contributed by atoms with E-state index in [9.17, 15) is 4.79 Å². The normalized spacial score (nSPS) is 10.6. The van der Waals surface area contributed by atoms with Crippen molar-refractivity contribution in [3.05, 3.63) is 11.6 Å². The van der Waals surface area contributed by atoms with Crippen LogP contribution in [0.5, 0.6) is 0 Å². The molecule has 1 amide bonds. The zero-order valence-electron chi connectivity index (χ0n) is 9.08. The number of nitrogens with zero attached hydrogens (tertiary/aromatic N) is 3. The van der Waals surface area contributed by atoms with Crippen LogP contribution in [-0.2, 0) is 11.2 Å². The average Bonchev–Trinajstić information content (AvgIpc) is 2.25. The Bertz CT molecular complexity index is 400. The smallest absolute Gasteiger partial charge is 0.260 e. The van der Waals surface area contributed by atoms with E-state index in [0.29, 0.717) is 23.9 Å². The molecule has 8 heteroatoms. The fraction of sp³-hybridized carbons (Fsp3) is 0.556. The number of alkyl halides is 3. The van der Waals surface area contributed by atoms with Crippen LogP contribution in [0.4, 0.5) is 5.95 Å². The minimum atomic E-state index is -1.15. The first-order valence-corrected chi connectivity index (χ1v) is 6.30. The number of anilines is 1. The minimum Gasteiger partial charge on any atom is -0.292 e. The highest BCUT2D eigenvalue weighted by molar-refractivity contribution is 6.54. The number of nitrogens with one attached hydrogen (secondary N) is 1. The van der Waals surface area contributed by atoms with Crippen LogP contribution in [0.2, 0.25) is 0 Å². The maximum Gasteiger partial charge on any atom is 0.260 e.